The predicted octanol–water partition coefficient (Wildman–Crippen LogP) is -0.201. The van der Waals surface area contributed by atoms with Crippen molar-refractivity contribution in [3.05, 3.63) is 0 Å². The van der Waals surface area contributed by atoms with Crippen LogP contribution < -0.4 is 10.6 Å². The number of rotatable bonds is 3. The van der Waals surface area contributed by atoms with Crippen molar-refractivity contribution >= 4 is 12.0 Å². The van der Waals surface area contributed by atoms with E-state index in [4.69, 9.17) is 0 Å². The average molecular weight is 255 g/mol. The topological polar surface area (TPSA) is 70.7 Å². The van der Waals surface area contributed by atoms with E-state index < -0.39 is 6.09 Å². The Morgan fingerprint density at radius 1 is 1.44 bits per heavy atom. The van der Waals surface area contributed by atoms with Crippen molar-refractivity contribution in [1.82, 2.24) is 15.5 Å². The SMILES string of the molecule is CCOC(=O)NC(=O)CN1CC2CNCC2C1C. The molecule has 0 aromatic carbocycles. The highest BCUT2D eigenvalue weighted by Crippen LogP contribution is 2.31. The van der Waals surface area contributed by atoms with Gasteiger partial charge in [0.05, 0.1) is 13.2 Å². The minimum absolute atomic E-state index is 0.271. The fourth-order valence-electron chi connectivity index (χ4n) is 2.97. The lowest BCUT2D eigenvalue weighted by molar-refractivity contribution is -0.121. The summed E-state index contributed by atoms with van der Waals surface area (Å²) in [5.74, 6) is 0.976. The van der Waals surface area contributed by atoms with Crippen LogP contribution in [0.5, 0.6) is 0 Å². The molecule has 2 aliphatic heterocycles. The molecule has 2 N–H and O–H groups in total. The maximum Gasteiger partial charge on any atom is 0.413 e. The Balaban J connectivity index is 1.80. The highest BCUT2D eigenvalue weighted by molar-refractivity contribution is 5.92. The summed E-state index contributed by atoms with van der Waals surface area (Å²) in [5.41, 5.74) is 0. The van der Waals surface area contributed by atoms with Crippen molar-refractivity contribution in [2.75, 3.05) is 32.8 Å². The van der Waals surface area contributed by atoms with Crippen LogP contribution in [0.4, 0.5) is 4.79 Å². The van der Waals surface area contributed by atoms with Crippen molar-refractivity contribution in [3.8, 4) is 0 Å². The number of carbonyl (C=O) groups is 2. The number of imide groups is 1. The molecule has 2 saturated heterocycles. The molecular weight excluding hydrogens is 234 g/mol. The van der Waals surface area contributed by atoms with Gasteiger partial charge in [0.1, 0.15) is 0 Å². The molecule has 0 bridgehead atoms. The van der Waals surface area contributed by atoms with Crippen molar-refractivity contribution in [2.24, 2.45) is 11.8 Å². The number of hydrogen-bond donors (Lipinski definition) is 2. The summed E-state index contributed by atoms with van der Waals surface area (Å²) in [5, 5.41) is 5.61. The summed E-state index contributed by atoms with van der Waals surface area (Å²) in [6.45, 7) is 7.39. The third-order valence-corrected chi connectivity index (χ3v) is 3.92. The molecule has 0 radical (unpaired) electrons. The summed E-state index contributed by atoms with van der Waals surface area (Å²) in [4.78, 5) is 24.9. The van der Waals surface area contributed by atoms with Gasteiger partial charge >= 0.3 is 6.09 Å². The Morgan fingerprint density at radius 2 is 2.22 bits per heavy atom. The zero-order chi connectivity index (χ0) is 13.1. The molecule has 2 aliphatic rings. The van der Waals surface area contributed by atoms with Crippen LogP contribution in [-0.2, 0) is 9.53 Å². The lowest BCUT2D eigenvalue weighted by Crippen LogP contribution is -2.43. The second kappa shape index (κ2) is 5.67. The van der Waals surface area contributed by atoms with Gasteiger partial charge in [-0.25, -0.2) is 4.79 Å². The van der Waals surface area contributed by atoms with Crippen LogP contribution in [0.1, 0.15) is 13.8 Å². The number of fused-ring (bicyclic) bond motifs is 1. The van der Waals surface area contributed by atoms with Crippen LogP contribution in [-0.4, -0.2) is 55.7 Å². The summed E-state index contributed by atoms with van der Waals surface area (Å²) in [6.07, 6.45) is -0.656. The lowest BCUT2D eigenvalue weighted by Gasteiger charge is -2.23. The second-order valence-electron chi connectivity index (χ2n) is 5.02. The maximum absolute atomic E-state index is 11.7. The van der Waals surface area contributed by atoms with Gasteiger partial charge in [-0.3, -0.25) is 15.0 Å². The first-order valence-electron chi connectivity index (χ1n) is 6.53. The van der Waals surface area contributed by atoms with Crippen molar-refractivity contribution in [2.45, 2.75) is 19.9 Å². The number of hydrogen-bond acceptors (Lipinski definition) is 5. The van der Waals surface area contributed by atoms with Crippen LogP contribution in [0.15, 0.2) is 0 Å². The van der Waals surface area contributed by atoms with Crippen LogP contribution >= 0.6 is 0 Å². The molecule has 3 atom stereocenters. The number of likely N-dealkylation sites (tertiary alicyclic amines) is 1. The smallest absolute Gasteiger partial charge is 0.413 e. The van der Waals surface area contributed by atoms with Crippen LogP contribution in [0, 0.1) is 11.8 Å². The number of ether oxygens (including phenoxy) is 1. The molecule has 2 rings (SSSR count). The second-order valence-corrected chi connectivity index (χ2v) is 5.02. The molecule has 2 fully saturated rings. The third-order valence-electron chi connectivity index (χ3n) is 3.92. The van der Waals surface area contributed by atoms with E-state index in [2.05, 4.69) is 27.2 Å². The zero-order valence-corrected chi connectivity index (χ0v) is 10.9. The molecule has 0 aliphatic carbocycles. The highest BCUT2D eigenvalue weighted by atomic mass is 16.5. The Kier molecular flexibility index (Phi) is 4.19. The summed E-state index contributed by atoms with van der Waals surface area (Å²) < 4.78 is 4.68. The molecule has 0 aromatic rings. The predicted molar refractivity (Wildman–Crippen MR) is 66.0 cm³/mol. The van der Waals surface area contributed by atoms with E-state index in [1.807, 2.05) is 0 Å². The molecule has 2 amide bonds. The Hall–Kier alpha value is -1.14. The molecule has 102 valence electrons. The van der Waals surface area contributed by atoms with E-state index in [1.54, 1.807) is 6.92 Å². The van der Waals surface area contributed by atoms with E-state index in [0.29, 0.717) is 17.9 Å². The summed E-state index contributed by atoms with van der Waals surface area (Å²) in [7, 11) is 0. The van der Waals surface area contributed by atoms with Crippen LogP contribution in [0.25, 0.3) is 0 Å². The number of nitrogens with one attached hydrogen (secondary N) is 2. The number of nitrogens with zero attached hydrogens (tertiary/aromatic N) is 1. The molecule has 3 unspecified atom stereocenters. The number of carbonyl (C=O) groups excluding carboxylic acids is 2. The van der Waals surface area contributed by atoms with Gasteiger partial charge in [0.15, 0.2) is 0 Å². The van der Waals surface area contributed by atoms with Gasteiger partial charge in [0, 0.05) is 12.6 Å². The Morgan fingerprint density at radius 3 is 2.89 bits per heavy atom. The highest BCUT2D eigenvalue weighted by Gasteiger charge is 2.42. The summed E-state index contributed by atoms with van der Waals surface area (Å²) in [6, 6.07) is 0.387. The average Bonchev–Trinajstić information content (AvgIpc) is 2.84. The molecule has 6 heteroatoms. The first-order valence-corrected chi connectivity index (χ1v) is 6.53. The van der Waals surface area contributed by atoms with E-state index in [0.717, 1.165) is 19.6 Å². The molecule has 0 saturated carbocycles. The molecule has 2 heterocycles. The van der Waals surface area contributed by atoms with Gasteiger partial charge in [0.25, 0.3) is 0 Å². The van der Waals surface area contributed by atoms with Crippen LogP contribution in [0.2, 0.25) is 0 Å². The summed E-state index contributed by atoms with van der Waals surface area (Å²) >= 11 is 0. The third kappa shape index (κ3) is 2.81. The Labute approximate surface area is 107 Å². The molecule has 18 heavy (non-hydrogen) atoms. The van der Waals surface area contributed by atoms with E-state index in [-0.39, 0.29) is 19.1 Å². The van der Waals surface area contributed by atoms with Crippen molar-refractivity contribution < 1.29 is 14.3 Å². The van der Waals surface area contributed by atoms with Gasteiger partial charge in [-0.05, 0) is 38.8 Å². The quantitative estimate of drug-likeness (QED) is 0.731. The van der Waals surface area contributed by atoms with Crippen LogP contribution in [0.3, 0.4) is 0 Å². The first-order chi connectivity index (χ1) is 8.61. The van der Waals surface area contributed by atoms with Crippen molar-refractivity contribution in [3.63, 3.8) is 0 Å². The van der Waals surface area contributed by atoms with Gasteiger partial charge in [-0.1, -0.05) is 0 Å². The minimum Gasteiger partial charge on any atom is -0.450 e. The molecule has 6 nitrogen and oxygen atoms in total. The lowest BCUT2D eigenvalue weighted by atomic mass is 9.95. The van der Waals surface area contributed by atoms with E-state index in [9.17, 15) is 9.59 Å². The van der Waals surface area contributed by atoms with E-state index >= 15 is 0 Å². The first kappa shape index (κ1) is 13.3. The molecule has 0 spiro atoms. The number of amides is 2. The molecule has 0 aromatic heterocycles. The van der Waals surface area contributed by atoms with Gasteiger partial charge in [-0.15, -0.1) is 0 Å². The molecular formula is C12H21N3O3. The van der Waals surface area contributed by atoms with E-state index in [1.165, 1.54) is 0 Å². The van der Waals surface area contributed by atoms with Gasteiger partial charge in [-0.2, -0.15) is 0 Å². The largest absolute Gasteiger partial charge is 0.450 e. The normalized spacial score (nSPS) is 31.1. The monoisotopic (exact) mass is 255 g/mol. The fraction of sp³-hybridized carbons (Fsp3) is 0.833. The standard InChI is InChI=1S/C12H21N3O3/c1-3-18-12(17)14-11(16)7-15-6-9-4-13-5-10(9)8(15)2/h8-10,13H,3-7H2,1-2H3,(H,14,16,17). The number of alkyl carbamates (subject to hydrolysis) is 1. The maximum atomic E-state index is 11.7. The van der Waals surface area contributed by atoms with Crippen molar-refractivity contribution in [1.29, 1.82) is 0 Å². The van der Waals surface area contributed by atoms with Gasteiger partial charge < -0.3 is 10.1 Å². The van der Waals surface area contributed by atoms with Gasteiger partial charge in [0.2, 0.25) is 5.91 Å². The fourth-order valence-corrected chi connectivity index (χ4v) is 2.97. The minimum atomic E-state index is -0.656. The zero-order valence-electron chi connectivity index (χ0n) is 10.9. The Bertz CT molecular complexity index is 335.